The lowest BCUT2D eigenvalue weighted by atomic mass is 10.2. The minimum atomic E-state index is 0.118. The summed E-state index contributed by atoms with van der Waals surface area (Å²) < 4.78 is 0. The molecule has 3 aromatic rings. The molecule has 0 unspecified atom stereocenters. The first-order valence-electron chi connectivity index (χ1n) is 8.38. The van der Waals surface area contributed by atoms with Gasteiger partial charge in [-0.3, -0.25) is 4.79 Å². The normalized spacial score (nSPS) is 13.2. The van der Waals surface area contributed by atoms with E-state index in [0.29, 0.717) is 12.3 Å². The van der Waals surface area contributed by atoms with Crippen molar-refractivity contribution < 1.29 is 4.79 Å². The molecule has 0 bridgehead atoms. The fourth-order valence-corrected chi connectivity index (χ4v) is 5.45. The van der Waals surface area contributed by atoms with Crippen molar-refractivity contribution in [1.82, 2.24) is 14.9 Å². The zero-order valence-electron chi connectivity index (χ0n) is 14.1. The average molecular weight is 370 g/mol. The fourth-order valence-electron chi connectivity index (χ4n) is 3.19. The van der Waals surface area contributed by atoms with Gasteiger partial charge >= 0.3 is 0 Å². The van der Waals surface area contributed by atoms with Gasteiger partial charge in [-0.1, -0.05) is 42.1 Å². The number of hydrogen-bond donors (Lipinski definition) is 0. The van der Waals surface area contributed by atoms with E-state index < -0.39 is 0 Å². The summed E-state index contributed by atoms with van der Waals surface area (Å²) in [5.41, 5.74) is 2.55. The summed E-state index contributed by atoms with van der Waals surface area (Å²) in [7, 11) is 1.85. The number of thioether (sulfide) groups is 1. The number of benzene rings is 1. The van der Waals surface area contributed by atoms with Gasteiger partial charge in [0.2, 0.25) is 5.91 Å². The van der Waals surface area contributed by atoms with E-state index in [-0.39, 0.29) is 5.91 Å². The van der Waals surface area contributed by atoms with Gasteiger partial charge in [0.15, 0.2) is 0 Å². The van der Waals surface area contributed by atoms with Gasteiger partial charge in [-0.25, -0.2) is 9.97 Å². The number of carbonyl (C=O) groups excluding carboxylic acids is 1. The lowest BCUT2D eigenvalue weighted by Gasteiger charge is -2.17. The zero-order valence-corrected chi connectivity index (χ0v) is 15.7. The van der Waals surface area contributed by atoms with Crippen molar-refractivity contribution in [2.75, 3.05) is 12.8 Å². The maximum Gasteiger partial charge on any atom is 0.233 e. The summed E-state index contributed by atoms with van der Waals surface area (Å²) in [5, 5.41) is 2.13. The van der Waals surface area contributed by atoms with Crippen LogP contribution in [0, 0.1) is 0 Å². The smallest absolute Gasteiger partial charge is 0.233 e. The van der Waals surface area contributed by atoms with Gasteiger partial charge in [0.05, 0.1) is 5.75 Å². The molecular formula is C19H19N3OS2. The Morgan fingerprint density at radius 1 is 1.24 bits per heavy atom. The number of fused-ring (bicyclic) bond motifs is 3. The highest BCUT2D eigenvalue weighted by Crippen LogP contribution is 2.39. The summed E-state index contributed by atoms with van der Waals surface area (Å²) >= 11 is 3.32. The van der Waals surface area contributed by atoms with E-state index in [1.54, 1.807) is 22.6 Å². The van der Waals surface area contributed by atoms with E-state index in [4.69, 9.17) is 0 Å². The van der Waals surface area contributed by atoms with Crippen molar-refractivity contribution in [1.29, 1.82) is 0 Å². The predicted molar refractivity (Wildman–Crippen MR) is 103 cm³/mol. The molecule has 6 heteroatoms. The first-order chi connectivity index (χ1) is 12.2. The monoisotopic (exact) mass is 369 g/mol. The number of carbonyl (C=O) groups is 1. The molecule has 1 amide bonds. The predicted octanol–water partition coefficient (Wildman–Crippen LogP) is 3.93. The van der Waals surface area contributed by atoms with E-state index in [1.165, 1.54) is 34.0 Å². The molecule has 2 aromatic heterocycles. The van der Waals surface area contributed by atoms with Crippen molar-refractivity contribution in [2.24, 2.45) is 0 Å². The van der Waals surface area contributed by atoms with Crippen LogP contribution in [0.15, 0.2) is 41.7 Å². The van der Waals surface area contributed by atoms with Gasteiger partial charge in [0.25, 0.3) is 0 Å². The highest BCUT2D eigenvalue weighted by molar-refractivity contribution is 8.00. The molecule has 0 spiro atoms. The Morgan fingerprint density at radius 3 is 2.92 bits per heavy atom. The first kappa shape index (κ1) is 16.5. The van der Waals surface area contributed by atoms with Gasteiger partial charge in [-0.05, 0) is 30.4 Å². The van der Waals surface area contributed by atoms with E-state index in [2.05, 4.69) is 9.97 Å². The molecule has 1 aromatic carbocycles. The van der Waals surface area contributed by atoms with Crippen molar-refractivity contribution in [3.8, 4) is 0 Å². The quantitative estimate of drug-likeness (QED) is 0.505. The molecule has 0 aliphatic heterocycles. The van der Waals surface area contributed by atoms with Gasteiger partial charge in [-0.2, -0.15) is 0 Å². The van der Waals surface area contributed by atoms with Crippen molar-refractivity contribution in [2.45, 2.75) is 30.8 Å². The van der Waals surface area contributed by atoms with Crippen LogP contribution in [0.5, 0.6) is 0 Å². The number of thiophene rings is 1. The van der Waals surface area contributed by atoms with Crippen molar-refractivity contribution in [3.05, 3.63) is 52.7 Å². The maximum absolute atomic E-state index is 12.5. The highest BCUT2D eigenvalue weighted by Gasteiger charge is 2.22. The second kappa shape index (κ2) is 7.14. The molecule has 128 valence electrons. The Kier molecular flexibility index (Phi) is 4.72. The van der Waals surface area contributed by atoms with Gasteiger partial charge in [-0.15, -0.1) is 11.3 Å². The van der Waals surface area contributed by atoms with Crippen LogP contribution in [0.4, 0.5) is 0 Å². The molecule has 0 N–H and O–H groups in total. The summed E-state index contributed by atoms with van der Waals surface area (Å²) in [6.07, 6.45) is 5.10. The summed E-state index contributed by atoms with van der Waals surface area (Å²) in [5.74, 6) is 0.521. The van der Waals surface area contributed by atoms with Crippen LogP contribution in [0.3, 0.4) is 0 Å². The van der Waals surface area contributed by atoms with Crippen LogP contribution < -0.4 is 0 Å². The maximum atomic E-state index is 12.5. The summed E-state index contributed by atoms with van der Waals surface area (Å²) in [4.78, 5) is 25.7. The van der Waals surface area contributed by atoms with Crippen LogP contribution in [0.1, 0.15) is 22.4 Å². The zero-order chi connectivity index (χ0) is 17.2. The van der Waals surface area contributed by atoms with E-state index in [0.717, 1.165) is 28.3 Å². The number of nitrogens with zero attached hydrogens (tertiary/aromatic N) is 3. The standard InChI is InChI=1S/C19H19N3OS2/c1-22(10-13-6-3-2-4-7-13)16(23)11-24-18-17-14-8-5-9-15(14)25-19(17)21-12-20-18/h2-4,6-7,12H,5,8-11H2,1H3. The number of aromatic nitrogens is 2. The third-order valence-corrected chi connectivity index (χ3v) is 6.66. The Labute approximate surface area is 155 Å². The van der Waals surface area contributed by atoms with E-state index in [1.807, 2.05) is 37.4 Å². The SMILES string of the molecule is CN(Cc1ccccc1)C(=O)CSc1ncnc2sc3c(c12)CCC3. The lowest BCUT2D eigenvalue weighted by molar-refractivity contribution is -0.127. The number of amides is 1. The van der Waals surface area contributed by atoms with Gasteiger partial charge in [0, 0.05) is 23.9 Å². The Bertz CT molecular complexity index is 908. The lowest BCUT2D eigenvalue weighted by Crippen LogP contribution is -2.27. The molecule has 4 nitrogen and oxygen atoms in total. The van der Waals surface area contributed by atoms with Crippen molar-refractivity contribution in [3.63, 3.8) is 0 Å². The molecule has 25 heavy (non-hydrogen) atoms. The third kappa shape index (κ3) is 3.41. The van der Waals surface area contributed by atoms with Crippen LogP contribution in [-0.4, -0.2) is 33.6 Å². The topological polar surface area (TPSA) is 46.1 Å². The average Bonchev–Trinajstić information content (AvgIpc) is 3.21. The third-order valence-electron chi connectivity index (χ3n) is 4.49. The van der Waals surface area contributed by atoms with Crippen LogP contribution in [-0.2, 0) is 24.2 Å². The Balaban J connectivity index is 1.46. The largest absolute Gasteiger partial charge is 0.341 e. The Hall–Kier alpha value is -1.92. The van der Waals surface area contributed by atoms with E-state index >= 15 is 0 Å². The second-order valence-electron chi connectivity index (χ2n) is 6.24. The van der Waals surface area contributed by atoms with Crippen LogP contribution >= 0.6 is 23.1 Å². The van der Waals surface area contributed by atoms with Gasteiger partial charge < -0.3 is 4.90 Å². The summed E-state index contributed by atoms with van der Waals surface area (Å²) in [6, 6.07) is 10.1. The minimum absolute atomic E-state index is 0.118. The molecule has 0 saturated carbocycles. The molecule has 0 fully saturated rings. The first-order valence-corrected chi connectivity index (χ1v) is 10.2. The molecule has 4 rings (SSSR count). The Morgan fingerprint density at radius 2 is 2.08 bits per heavy atom. The number of aryl methyl sites for hydroxylation is 2. The molecule has 0 saturated heterocycles. The van der Waals surface area contributed by atoms with Crippen LogP contribution in [0.2, 0.25) is 0 Å². The molecule has 0 atom stereocenters. The summed E-state index contributed by atoms with van der Waals surface area (Å²) in [6.45, 7) is 0.632. The minimum Gasteiger partial charge on any atom is -0.341 e. The van der Waals surface area contributed by atoms with Crippen molar-refractivity contribution >= 4 is 39.2 Å². The number of hydrogen-bond acceptors (Lipinski definition) is 5. The second-order valence-corrected chi connectivity index (χ2v) is 8.29. The van der Waals surface area contributed by atoms with E-state index in [9.17, 15) is 4.79 Å². The molecule has 1 aliphatic carbocycles. The number of rotatable bonds is 5. The van der Waals surface area contributed by atoms with Crippen LogP contribution in [0.25, 0.3) is 10.2 Å². The molecule has 2 heterocycles. The fraction of sp³-hybridized carbons (Fsp3) is 0.316. The highest BCUT2D eigenvalue weighted by atomic mass is 32.2. The molecule has 0 radical (unpaired) electrons. The molecule has 1 aliphatic rings. The molecular weight excluding hydrogens is 350 g/mol. The van der Waals surface area contributed by atoms with Gasteiger partial charge in [0.1, 0.15) is 16.2 Å².